The fourth-order valence-corrected chi connectivity index (χ4v) is 8.44. The topological polar surface area (TPSA) is 159 Å². The highest BCUT2D eigenvalue weighted by Gasteiger charge is 2.40. The van der Waals surface area contributed by atoms with Gasteiger partial charge in [0.25, 0.3) is 5.91 Å². The molecule has 17 heteroatoms. The molecule has 3 aromatic heterocycles. The van der Waals surface area contributed by atoms with Gasteiger partial charge in [-0.3, -0.25) is 24.4 Å². The van der Waals surface area contributed by atoms with Crippen molar-refractivity contribution in [1.29, 1.82) is 0 Å². The van der Waals surface area contributed by atoms with Crippen molar-refractivity contribution in [3.8, 4) is 16.8 Å². The standard InChI is InChI=1S/C40H34BF2N8O5S/c1-3-17-57(55,56)48-30-12-11-29(42)38(36(30)43)50-21-27(24-18-44-22-45-19-24)37-31(50)13-15-33(46-37)49(2)26-9-7-25(8-10-26)41-28-6-4-5-23-20-51(40(54)35(23)28)32-14-16-34(52)47-39(32)53/h4-13,15,18-19,21-22,32,48H,3,14,16-17,20H2,1-2H3,(H,47,52,53). The number of halogens is 2. The van der Waals surface area contributed by atoms with Gasteiger partial charge in [-0.15, -0.1) is 0 Å². The first kappa shape index (κ1) is 37.4. The monoisotopic (exact) mass is 787 g/mol. The van der Waals surface area contributed by atoms with E-state index in [1.807, 2.05) is 61.7 Å². The van der Waals surface area contributed by atoms with Gasteiger partial charge in [0, 0.05) is 61.0 Å². The van der Waals surface area contributed by atoms with Gasteiger partial charge in [0.15, 0.2) is 13.1 Å². The number of benzene rings is 3. The van der Waals surface area contributed by atoms with E-state index in [0.717, 1.165) is 28.8 Å². The van der Waals surface area contributed by atoms with E-state index >= 15 is 8.78 Å². The molecule has 8 rings (SSSR count). The average molecular weight is 788 g/mol. The van der Waals surface area contributed by atoms with Crippen LogP contribution in [0.4, 0.5) is 26.0 Å². The van der Waals surface area contributed by atoms with Crippen LogP contribution >= 0.6 is 0 Å². The average Bonchev–Trinajstić information content (AvgIpc) is 3.74. The lowest BCUT2D eigenvalue weighted by atomic mass is 9.62. The SMILES string of the molecule is CCCS(=O)(=O)Nc1ccc(F)c(-n2cc(-c3cncnc3)c3nc(N(C)c4ccc([B]c5cccc6c5C(=O)N(C5CCC(=O)NC5=O)C6)cc4)ccc32)c1F. The number of anilines is 3. The van der Waals surface area contributed by atoms with E-state index < -0.39 is 39.3 Å². The van der Waals surface area contributed by atoms with Crippen molar-refractivity contribution in [2.45, 2.75) is 38.8 Å². The number of rotatable bonds is 11. The zero-order chi connectivity index (χ0) is 40.0. The summed E-state index contributed by atoms with van der Waals surface area (Å²) in [7, 11) is -0.141. The van der Waals surface area contributed by atoms with Gasteiger partial charge >= 0.3 is 0 Å². The Hall–Kier alpha value is -6.49. The van der Waals surface area contributed by atoms with Gasteiger partial charge < -0.3 is 14.4 Å². The number of pyridine rings is 1. The van der Waals surface area contributed by atoms with Crippen molar-refractivity contribution in [2.24, 2.45) is 0 Å². The number of hydrogen-bond donors (Lipinski definition) is 2. The zero-order valence-electron chi connectivity index (χ0n) is 30.7. The lowest BCUT2D eigenvalue weighted by Crippen LogP contribution is -2.52. The quantitative estimate of drug-likeness (QED) is 0.146. The second kappa shape index (κ2) is 14.9. The van der Waals surface area contributed by atoms with E-state index in [-0.39, 0.29) is 42.6 Å². The minimum Gasteiger partial charge on any atom is -0.329 e. The molecule has 3 amide bonds. The Morgan fingerprint density at radius 2 is 1.77 bits per heavy atom. The Morgan fingerprint density at radius 1 is 1.00 bits per heavy atom. The number of piperidine rings is 1. The van der Waals surface area contributed by atoms with Crippen LogP contribution in [-0.2, 0) is 26.2 Å². The van der Waals surface area contributed by atoms with Crippen LogP contribution in [0, 0.1) is 11.6 Å². The van der Waals surface area contributed by atoms with Gasteiger partial charge in [-0.25, -0.2) is 32.2 Å². The van der Waals surface area contributed by atoms with E-state index in [9.17, 15) is 22.8 Å². The summed E-state index contributed by atoms with van der Waals surface area (Å²) in [4.78, 5) is 54.4. The van der Waals surface area contributed by atoms with Crippen molar-refractivity contribution < 1.29 is 31.6 Å². The molecule has 0 aliphatic carbocycles. The van der Waals surface area contributed by atoms with Gasteiger partial charge in [-0.1, -0.05) is 48.2 Å². The molecule has 5 heterocycles. The van der Waals surface area contributed by atoms with E-state index in [1.54, 1.807) is 31.5 Å². The summed E-state index contributed by atoms with van der Waals surface area (Å²) in [6.07, 6.45) is 6.77. The molecule has 2 N–H and O–H groups in total. The highest BCUT2D eigenvalue weighted by atomic mass is 32.2. The number of fused-ring (bicyclic) bond motifs is 2. The van der Waals surface area contributed by atoms with E-state index in [2.05, 4.69) is 20.0 Å². The third kappa shape index (κ3) is 7.10. The van der Waals surface area contributed by atoms with E-state index in [1.165, 1.54) is 22.0 Å². The molecule has 1 radical (unpaired) electrons. The number of nitrogens with zero attached hydrogens (tertiary/aromatic N) is 6. The van der Waals surface area contributed by atoms with Gasteiger partial charge in [0.05, 0.1) is 22.5 Å². The van der Waals surface area contributed by atoms with E-state index in [0.29, 0.717) is 45.4 Å². The van der Waals surface area contributed by atoms with Gasteiger partial charge in [0.2, 0.25) is 21.8 Å². The molecule has 287 valence electrons. The maximum Gasteiger partial charge on any atom is 0.254 e. The second-order valence-electron chi connectivity index (χ2n) is 13.8. The number of carbonyl (C=O) groups is 3. The van der Waals surface area contributed by atoms with Crippen molar-refractivity contribution in [1.82, 2.24) is 29.7 Å². The summed E-state index contributed by atoms with van der Waals surface area (Å²) in [5.41, 5.74) is 4.54. The lowest BCUT2D eigenvalue weighted by Gasteiger charge is -2.29. The van der Waals surface area contributed by atoms with Gasteiger partial charge in [-0.2, -0.15) is 0 Å². The molecule has 1 saturated heterocycles. The molecule has 13 nitrogen and oxygen atoms in total. The molecule has 0 saturated carbocycles. The van der Waals surface area contributed by atoms with E-state index in [4.69, 9.17) is 4.98 Å². The second-order valence-corrected chi connectivity index (χ2v) is 15.7. The molecular formula is C40H34BF2N8O5S. The molecular weight excluding hydrogens is 753 g/mol. The number of carbonyl (C=O) groups excluding carboxylic acids is 3. The van der Waals surface area contributed by atoms with Crippen molar-refractivity contribution in [3.63, 3.8) is 0 Å². The highest BCUT2D eigenvalue weighted by molar-refractivity contribution is 7.92. The Morgan fingerprint density at radius 3 is 2.51 bits per heavy atom. The van der Waals surface area contributed by atoms with Crippen LogP contribution in [0.3, 0.4) is 0 Å². The summed E-state index contributed by atoms with van der Waals surface area (Å²) < 4.78 is 60.1. The number of amides is 3. The lowest BCUT2D eigenvalue weighted by molar-refractivity contribution is -0.136. The van der Waals surface area contributed by atoms with Crippen LogP contribution in [-0.4, -0.2) is 76.7 Å². The predicted octanol–water partition coefficient (Wildman–Crippen LogP) is 4.10. The number of imide groups is 1. The van der Waals surface area contributed by atoms with Crippen molar-refractivity contribution in [2.75, 3.05) is 22.4 Å². The minimum absolute atomic E-state index is 0.178. The first-order valence-electron chi connectivity index (χ1n) is 18.1. The molecule has 57 heavy (non-hydrogen) atoms. The smallest absolute Gasteiger partial charge is 0.254 e. The molecule has 1 atom stereocenters. The van der Waals surface area contributed by atoms with Crippen LogP contribution in [0.5, 0.6) is 0 Å². The molecule has 2 aliphatic heterocycles. The molecule has 1 fully saturated rings. The summed E-state index contributed by atoms with van der Waals surface area (Å²) in [5.74, 6) is -2.77. The molecule has 2 aliphatic rings. The third-order valence-corrected chi connectivity index (χ3v) is 11.6. The number of sulfonamides is 1. The largest absolute Gasteiger partial charge is 0.329 e. The van der Waals surface area contributed by atoms with Crippen LogP contribution < -0.4 is 25.9 Å². The fourth-order valence-electron chi connectivity index (χ4n) is 7.31. The fraction of sp³-hybridized carbons (Fsp3) is 0.200. The maximum absolute atomic E-state index is 16.0. The summed E-state index contributed by atoms with van der Waals surface area (Å²) in [6, 6.07) is 17.9. The molecule has 1 unspecified atom stereocenters. The molecule has 0 bridgehead atoms. The van der Waals surface area contributed by atoms with Crippen LogP contribution in [0.25, 0.3) is 27.8 Å². The maximum atomic E-state index is 16.0. The Labute approximate surface area is 327 Å². The Kier molecular flexibility index (Phi) is 9.77. The Bertz CT molecular complexity index is 2700. The van der Waals surface area contributed by atoms with Gasteiger partial charge in [0.1, 0.15) is 29.7 Å². The normalized spacial score (nSPS) is 15.5. The molecule has 6 aromatic rings. The molecule has 3 aromatic carbocycles. The number of nitrogens with one attached hydrogen (secondary N) is 2. The number of hydrogen-bond acceptors (Lipinski definition) is 9. The summed E-state index contributed by atoms with van der Waals surface area (Å²) >= 11 is 0. The minimum atomic E-state index is -3.87. The van der Waals surface area contributed by atoms with Crippen LogP contribution in [0.15, 0.2) is 91.6 Å². The van der Waals surface area contributed by atoms with Crippen LogP contribution in [0.2, 0.25) is 0 Å². The first-order valence-corrected chi connectivity index (χ1v) is 19.8. The predicted molar refractivity (Wildman–Crippen MR) is 212 cm³/mol. The zero-order valence-corrected chi connectivity index (χ0v) is 31.6. The van der Waals surface area contributed by atoms with Crippen molar-refractivity contribution in [3.05, 3.63) is 114 Å². The highest BCUT2D eigenvalue weighted by Crippen LogP contribution is 2.36. The summed E-state index contributed by atoms with van der Waals surface area (Å²) in [6.45, 7) is 1.96. The number of aromatic nitrogens is 4. The van der Waals surface area contributed by atoms with Crippen LogP contribution in [0.1, 0.15) is 42.1 Å². The third-order valence-electron chi connectivity index (χ3n) is 10.1. The summed E-state index contributed by atoms with van der Waals surface area (Å²) in [5, 5.41) is 2.34. The first-order chi connectivity index (χ1) is 27.4. The Balaban J connectivity index is 1.08. The molecule has 0 spiro atoms. The van der Waals surface area contributed by atoms with Crippen molar-refractivity contribution >= 4 is 74.2 Å². The van der Waals surface area contributed by atoms with Gasteiger partial charge in [-0.05, 0) is 54.8 Å².